The van der Waals surface area contributed by atoms with Crippen molar-refractivity contribution in [2.24, 2.45) is 0 Å². The number of hydrogen-bond acceptors (Lipinski definition) is 1. The molecule has 0 aliphatic rings. The monoisotopic (exact) mass is 191 g/mol. The summed E-state index contributed by atoms with van der Waals surface area (Å²) in [4.78, 5) is 0. The Morgan fingerprint density at radius 3 is 2.29 bits per heavy atom. The van der Waals surface area contributed by atoms with Crippen molar-refractivity contribution < 1.29 is 0 Å². The summed E-state index contributed by atoms with van der Waals surface area (Å²) in [5, 5.41) is 3.32. The second-order valence-electron chi connectivity index (χ2n) is 4.69. The van der Waals surface area contributed by atoms with E-state index in [1.165, 1.54) is 16.8 Å². The standard InChI is InChI=1S/C13H21N/c1-6-10-8-7-9-11(12(10)14-5)13(2,3)4/h7-9,14H,6H2,1-5H3. The second-order valence-corrected chi connectivity index (χ2v) is 4.69. The molecule has 0 saturated carbocycles. The topological polar surface area (TPSA) is 12.0 Å². The van der Waals surface area contributed by atoms with E-state index in [2.05, 4.69) is 51.2 Å². The maximum absolute atomic E-state index is 3.32. The fraction of sp³-hybridized carbons (Fsp3) is 0.538. The van der Waals surface area contributed by atoms with Gasteiger partial charge in [-0.05, 0) is 23.0 Å². The normalized spacial score (nSPS) is 11.5. The highest BCUT2D eigenvalue weighted by Crippen LogP contribution is 2.31. The van der Waals surface area contributed by atoms with Gasteiger partial charge in [-0.1, -0.05) is 45.9 Å². The van der Waals surface area contributed by atoms with Gasteiger partial charge >= 0.3 is 0 Å². The van der Waals surface area contributed by atoms with Gasteiger partial charge in [0.2, 0.25) is 0 Å². The van der Waals surface area contributed by atoms with Crippen LogP contribution in [0.3, 0.4) is 0 Å². The van der Waals surface area contributed by atoms with Crippen LogP contribution in [-0.4, -0.2) is 7.05 Å². The lowest BCUT2D eigenvalue weighted by molar-refractivity contribution is 0.591. The number of rotatable bonds is 2. The maximum Gasteiger partial charge on any atom is 0.0407 e. The molecule has 0 aliphatic heterocycles. The molecule has 1 heteroatoms. The number of aryl methyl sites for hydroxylation is 1. The third-order valence-electron chi connectivity index (χ3n) is 2.59. The molecule has 78 valence electrons. The van der Waals surface area contributed by atoms with Crippen LogP contribution in [0.4, 0.5) is 5.69 Å². The number of anilines is 1. The van der Waals surface area contributed by atoms with E-state index in [4.69, 9.17) is 0 Å². The summed E-state index contributed by atoms with van der Waals surface area (Å²) in [7, 11) is 2.00. The van der Waals surface area contributed by atoms with E-state index in [0.29, 0.717) is 0 Å². The summed E-state index contributed by atoms with van der Waals surface area (Å²) in [6.07, 6.45) is 1.08. The fourth-order valence-electron chi connectivity index (χ4n) is 1.81. The largest absolute Gasteiger partial charge is 0.388 e. The average molecular weight is 191 g/mol. The lowest BCUT2D eigenvalue weighted by Gasteiger charge is -2.24. The molecule has 0 spiro atoms. The molecule has 0 unspecified atom stereocenters. The lowest BCUT2D eigenvalue weighted by atomic mass is 9.84. The van der Waals surface area contributed by atoms with Gasteiger partial charge in [-0.15, -0.1) is 0 Å². The predicted molar refractivity (Wildman–Crippen MR) is 64.1 cm³/mol. The summed E-state index contributed by atoms with van der Waals surface area (Å²) >= 11 is 0. The van der Waals surface area contributed by atoms with Gasteiger partial charge in [-0.2, -0.15) is 0 Å². The molecule has 0 saturated heterocycles. The number of benzene rings is 1. The van der Waals surface area contributed by atoms with Crippen molar-refractivity contribution in [3.8, 4) is 0 Å². The van der Waals surface area contributed by atoms with Gasteiger partial charge in [-0.3, -0.25) is 0 Å². The summed E-state index contributed by atoms with van der Waals surface area (Å²) in [6.45, 7) is 8.95. The average Bonchev–Trinajstić information content (AvgIpc) is 2.15. The van der Waals surface area contributed by atoms with E-state index in [9.17, 15) is 0 Å². The van der Waals surface area contributed by atoms with Crippen LogP contribution in [0.15, 0.2) is 18.2 Å². The van der Waals surface area contributed by atoms with Crippen LogP contribution in [0.5, 0.6) is 0 Å². The van der Waals surface area contributed by atoms with Crippen LogP contribution >= 0.6 is 0 Å². The van der Waals surface area contributed by atoms with Crippen LogP contribution in [-0.2, 0) is 11.8 Å². The summed E-state index contributed by atoms with van der Waals surface area (Å²) in [6, 6.07) is 6.56. The smallest absolute Gasteiger partial charge is 0.0407 e. The van der Waals surface area contributed by atoms with Gasteiger partial charge < -0.3 is 5.32 Å². The first-order valence-corrected chi connectivity index (χ1v) is 5.30. The molecule has 1 nitrogen and oxygen atoms in total. The minimum absolute atomic E-state index is 0.212. The van der Waals surface area contributed by atoms with E-state index in [1.54, 1.807) is 0 Å². The zero-order valence-electron chi connectivity index (χ0n) is 9.94. The van der Waals surface area contributed by atoms with Crippen molar-refractivity contribution in [2.75, 3.05) is 12.4 Å². The molecule has 0 fully saturated rings. The van der Waals surface area contributed by atoms with Gasteiger partial charge in [0.05, 0.1) is 0 Å². The molecule has 0 aliphatic carbocycles. The molecule has 0 bridgehead atoms. The Balaban J connectivity index is 3.29. The molecule has 1 aromatic carbocycles. The lowest BCUT2D eigenvalue weighted by Crippen LogP contribution is -2.14. The summed E-state index contributed by atoms with van der Waals surface area (Å²) in [5.41, 5.74) is 4.32. The van der Waals surface area contributed by atoms with E-state index in [0.717, 1.165) is 6.42 Å². The maximum atomic E-state index is 3.32. The quantitative estimate of drug-likeness (QED) is 0.753. The number of nitrogens with one attached hydrogen (secondary N) is 1. The molecule has 0 heterocycles. The highest BCUT2D eigenvalue weighted by atomic mass is 14.8. The van der Waals surface area contributed by atoms with Gasteiger partial charge in [0.15, 0.2) is 0 Å². The van der Waals surface area contributed by atoms with Crippen LogP contribution in [0, 0.1) is 0 Å². The Morgan fingerprint density at radius 1 is 1.21 bits per heavy atom. The first-order valence-electron chi connectivity index (χ1n) is 5.30. The third-order valence-corrected chi connectivity index (χ3v) is 2.59. The highest BCUT2D eigenvalue weighted by molar-refractivity contribution is 5.59. The Bertz CT molecular complexity index is 308. The Hall–Kier alpha value is -0.980. The Morgan fingerprint density at radius 2 is 1.86 bits per heavy atom. The minimum Gasteiger partial charge on any atom is -0.388 e. The molecular weight excluding hydrogens is 170 g/mol. The molecule has 14 heavy (non-hydrogen) atoms. The fourth-order valence-corrected chi connectivity index (χ4v) is 1.81. The molecule has 0 radical (unpaired) electrons. The zero-order valence-corrected chi connectivity index (χ0v) is 9.94. The summed E-state index contributed by atoms with van der Waals surface area (Å²) in [5.74, 6) is 0. The van der Waals surface area contributed by atoms with Crippen molar-refractivity contribution in [3.05, 3.63) is 29.3 Å². The Labute approximate surface area is 87.5 Å². The van der Waals surface area contributed by atoms with E-state index in [1.807, 2.05) is 7.05 Å². The van der Waals surface area contributed by atoms with Crippen LogP contribution in [0.25, 0.3) is 0 Å². The first-order chi connectivity index (χ1) is 6.50. The van der Waals surface area contributed by atoms with E-state index >= 15 is 0 Å². The van der Waals surface area contributed by atoms with Gasteiger partial charge in [-0.25, -0.2) is 0 Å². The third kappa shape index (κ3) is 2.09. The van der Waals surface area contributed by atoms with Gasteiger partial charge in [0.25, 0.3) is 0 Å². The molecule has 0 aromatic heterocycles. The predicted octanol–water partition coefficient (Wildman–Crippen LogP) is 3.59. The number of hydrogen-bond donors (Lipinski definition) is 1. The zero-order chi connectivity index (χ0) is 10.8. The van der Waals surface area contributed by atoms with Crippen molar-refractivity contribution in [1.29, 1.82) is 0 Å². The van der Waals surface area contributed by atoms with Crippen molar-refractivity contribution in [3.63, 3.8) is 0 Å². The molecule has 1 rings (SSSR count). The van der Waals surface area contributed by atoms with Crippen LogP contribution < -0.4 is 5.32 Å². The Kier molecular flexibility index (Phi) is 3.20. The molecular formula is C13H21N. The molecule has 1 N–H and O–H groups in total. The highest BCUT2D eigenvalue weighted by Gasteiger charge is 2.18. The van der Waals surface area contributed by atoms with Crippen molar-refractivity contribution in [2.45, 2.75) is 39.5 Å². The minimum atomic E-state index is 0.212. The molecule has 1 aromatic rings. The SMILES string of the molecule is CCc1cccc(C(C)(C)C)c1NC. The molecule has 0 amide bonds. The number of para-hydroxylation sites is 1. The first kappa shape index (κ1) is 11.1. The van der Waals surface area contributed by atoms with Gasteiger partial charge in [0.1, 0.15) is 0 Å². The van der Waals surface area contributed by atoms with E-state index in [-0.39, 0.29) is 5.41 Å². The van der Waals surface area contributed by atoms with Crippen LogP contribution in [0.1, 0.15) is 38.8 Å². The second kappa shape index (κ2) is 4.04. The van der Waals surface area contributed by atoms with Crippen LogP contribution in [0.2, 0.25) is 0 Å². The van der Waals surface area contributed by atoms with Crippen molar-refractivity contribution >= 4 is 5.69 Å². The van der Waals surface area contributed by atoms with Crippen molar-refractivity contribution in [1.82, 2.24) is 0 Å². The van der Waals surface area contributed by atoms with Gasteiger partial charge in [0, 0.05) is 12.7 Å². The molecule has 0 atom stereocenters. The summed E-state index contributed by atoms with van der Waals surface area (Å²) < 4.78 is 0. The van der Waals surface area contributed by atoms with E-state index < -0.39 is 0 Å².